The van der Waals surface area contributed by atoms with Crippen LogP contribution in [0, 0.1) is 0 Å². The van der Waals surface area contributed by atoms with Crippen molar-refractivity contribution in [1.29, 1.82) is 0 Å². The third-order valence-corrected chi connectivity index (χ3v) is 4.14. The summed E-state index contributed by atoms with van der Waals surface area (Å²) in [5.41, 5.74) is 5.15. The Bertz CT molecular complexity index is 1130. The number of hydrogen-bond donors (Lipinski definition) is 3. The summed E-state index contributed by atoms with van der Waals surface area (Å²) in [5, 5.41) is 22.4. The third kappa shape index (κ3) is 3.69. The van der Waals surface area contributed by atoms with Gasteiger partial charge in [0.25, 0.3) is 5.91 Å². The molecule has 4 rings (SSSR count). The van der Waals surface area contributed by atoms with Crippen LogP contribution in [-0.2, 0) is 0 Å². The van der Waals surface area contributed by atoms with E-state index in [1.165, 1.54) is 6.21 Å². The zero-order valence-electron chi connectivity index (χ0n) is 14.3. The van der Waals surface area contributed by atoms with Crippen molar-refractivity contribution in [3.05, 3.63) is 84.1 Å². The molecular formula is C21H16N4O2. The Labute approximate surface area is 155 Å². The molecule has 0 fully saturated rings. The molecule has 0 saturated carbocycles. The maximum Gasteiger partial charge on any atom is 0.289 e. The van der Waals surface area contributed by atoms with Crippen LogP contribution in [0.2, 0.25) is 0 Å². The summed E-state index contributed by atoms with van der Waals surface area (Å²) in [6, 6.07) is 22.3. The second kappa shape index (κ2) is 7.13. The van der Waals surface area contributed by atoms with Gasteiger partial charge in [-0.3, -0.25) is 9.89 Å². The molecule has 27 heavy (non-hydrogen) atoms. The Kier molecular flexibility index (Phi) is 4.37. The van der Waals surface area contributed by atoms with Gasteiger partial charge in [-0.15, -0.1) is 0 Å². The number of rotatable bonds is 4. The van der Waals surface area contributed by atoms with Gasteiger partial charge in [0.2, 0.25) is 0 Å². The Hall–Kier alpha value is -3.93. The van der Waals surface area contributed by atoms with Crippen LogP contribution < -0.4 is 5.43 Å². The van der Waals surface area contributed by atoms with E-state index in [1.807, 2.05) is 36.4 Å². The number of carbonyl (C=O) groups excluding carboxylic acids is 1. The molecular weight excluding hydrogens is 340 g/mol. The number of benzene rings is 3. The average molecular weight is 356 g/mol. The topological polar surface area (TPSA) is 90.4 Å². The van der Waals surface area contributed by atoms with Gasteiger partial charge in [-0.1, -0.05) is 36.4 Å². The number of amides is 1. The minimum Gasteiger partial charge on any atom is -0.508 e. The smallest absolute Gasteiger partial charge is 0.289 e. The number of fused-ring (bicyclic) bond motifs is 1. The van der Waals surface area contributed by atoms with Crippen LogP contribution in [0.3, 0.4) is 0 Å². The number of aromatic amines is 1. The number of phenolic OH excluding ortho intramolecular Hbond substituents is 1. The first-order chi connectivity index (χ1) is 13.2. The van der Waals surface area contributed by atoms with Crippen molar-refractivity contribution in [2.45, 2.75) is 0 Å². The summed E-state index contributed by atoms with van der Waals surface area (Å²) in [5.74, 6) is -0.209. The summed E-state index contributed by atoms with van der Waals surface area (Å²) >= 11 is 0. The number of H-pyrrole nitrogens is 1. The highest BCUT2D eigenvalue weighted by Crippen LogP contribution is 2.23. The van der Waals surface area contributed by atoms with Crippen LogP contribution >= 0.6 is 0 Å². The number of carbonyl (C=O) groups is 1. The van der Waals surface area contributed by atoms with Crippen molar-refractivity contribution in [2.24, 2.45) is 5.10 Å². The van der Waals surface area contributed by atoms with Crippen LogP contribution in [-0.4, -0.2) is 27.4 Å². The number of nitrogens with one attached hydrogen (secondary N) is 2. The molecule has 4 aromatic rings. The Morgan fingerprint density at radius 1 is 1.00 bits per heavy atom. The van der Waals surface area contributed by atoms with Gasteiger partial charge in [-0.25, -0.2) is 5.43 Å². The molecule has 0 aliphatic heterocycles. The van der Waals surface area contributed by atoms with Gasteiger partial charge in [-0.05, 0) is 52.7 Å². The predicted octanol–water partition coefficient (Wildman–Crippen LogP) is 3.70. The van der Waals surface area contributed by atoms with E-state index in [1.54, 1.807) is 30.3 Å². The molecule has 6 nitrogen and oxygen atoms in total. The first-order valence-electron chi connectivity index (χ1n) is 8.36. The van der Waals surface area contributed by atoms with Gasteiger partial charge in [0.15, 0.2) is 0 Å². The number of nitrogens with zero attached hydrogens (tertiary/aromatic N) is 2. The quantitative estimate of drug-likeness (QED) is 0.385. The molecule has 3 N–H and O–H groups in total. The van der Waals surface area contributed by atoms with E-state index >= 15 is 0 Å². The number of aromatic hydroxyl groups is 1. The summed E-state index contributed by atoms with van der Waals surface area (Å²) < 4.78 is 0. The standard InChI is InChI=1S/C21H16N4O2/c26-18-9-5-14(6-10-18)13-22-25-21(27)20-12-19(23-24-20)17-8-7-15-3-1-2-4-16(15)11-17/h1-13,26H,(H,23,24)(H,25,27)/b22-13-. The van der Waals surface area contributed by atoms with Gasteiger partial charge < -0.3 is 5.11 Å². The molecule has 1 heterocycles. The average Bonchev–Trinajstić information content (AvgIpc) is 3.19. The van der Waals surface area contributed by atoms with Crippen LogP contribution in [0.1, 0.15) is 16.1 Å². The monoisotopic (exact) mass is 356 g/mol. The molecule has 3 aromatic carbocycles. The minimum atomic E-state index is -0.385. The second-order valence-electron chi connectivity index (χ2n) is 6.02. The highest BCUT2D eigenvalue weighted by atomic mass is 16.3. The van der Waals surface area contributed by atoms with Crippen molar-refractivity contribution < 1.29 is 9.90 Å². The minimum absolute atomic E-state index is 0.176. The third-order valence-electron chi connectivity index (χ3n) is 4.14. The van der Waals surface area contributed by atoms with Gasteiger partial charge in [-0.2, -0.15) is 10.2 Å². The van der Waals surface area contributed by atoms with Crippen molar-refractivity contribution in [3.8, 4) is 17.0 Å². The van der Waals surface area contributed by atoms with Crippen LogP contribution in [0.4, 0.5) is 0 Å². The molecule has 0 unspecified atom stereocenters. The molecule has 0 radical (unpaired) electrons. The van der Waals surface area contributed by atoms with Gasteiger partial charge in [0, 0.05) is 5.56 Å². The lowest BCUT2D eigenvalue weighted by Gasteiger charge is -2.00. The second-order valence-corrected chi connectivity index (χ2v) is 6.02. The first kappa shape index (κ1) is 16.5. The summed E-state index contributed by atoms with van der Waals surface area (Å²) in [4.78, 5) is 12.2. The zero-order valence-corrected chi connectivity index (χ0v) is 14.3. The van der Waals surface area contributed by atoms with E-state index in [2.05, 4.69) is 26.8 Å². The van der Waals surface area contributed by atoms with E-state index < -0.39 is 0 Å². The fraction of sp³-hybridized carbons (Fsp3) is 0. The fourth-order valence-corrected chi connectivity index (χ4v) is 2.72. The Morgan fingerprint density at radius 3 is 2.59 bits per heavy atom. The molecule has 0 aliphatic rings. The van der Waals surface area contributed by atoms with Crippen LogP contribution in [0.25, 0.3) is 22.0 Å². The van der Waals surface area contributed by atoms with Crippen molar-refractivity contribution in [2.75, 3.05) is 0 Å². The molecule has 132 valence electrons. The van der Waals surface area contributed by atoms with Gasteiger partial charge in [0.1, 0.15) is 11.4 Å². The van der Waals surface area contributed by atoms with Crippen molar-refractivity contribution in [1.82, 2.24) is 15.6 Å². The van der Waals surface area contributed by atoms with Crippen molar-refractivity contribution >= 4 is 22.9 Å². The predicted molar refractivity (Wildman–Crippen MR) is 105 cm³/mol. The molecule has 1 aromatic heterocycles. The Balaban J connectivity index is 1.47. The number of hydrazone groups is 1. The molecule has 1 amide bonds. The largest absolute Gasteiger partial charge is 0.508 e. The SMILES string of the molecule is O=C(N/N=C\c1ccc(O)cc1)c1cc(-c2ccc3ccccc3c2)n[nH]1. The maximum absolute atomic E-state index is 12.2. The number of aromatic nitrogens is 2. The van der Waals surface area contributed by atoms with E-state index in [0.717, 1.165) is 21.9 Å². The Morgan fingerprint density at radius 2 is 1.78 bits per heavy atom. The van der Waals surface area contributed by atoms with Crippen LogP contribution in [0.15, 0.2) is 77.9 Å². The summed E-state index contributed by atoms with van der Waals surface area (Å²) in [6.45, 7) is 0. The molecule has 0 spiro atoms. The zero-order chi connectivity index (χ0) is 18.6. The van der Waals surface area contributed by atoms with Gasteiger partial charge >= 0.3 is 0 Å². The highest BCUT2D eigenvalue weighted by Gasteiger charge is 2.10. The summed E-state index contributed by atoms with van der Waals surface area (Å²) in [7, 11) is 0. The molecule has 0 bridgehead atoms. The lowest BCUT2D eigenvalue weighted by atomic mass is 10.1. The molecule has 0 atom stereocenters. The van der Waals surface area contributed by atoms with Crippen LogP contribution in [0.5, 0.6) is 5.75 Å². The fourth-order valence-electron chi connectivity index (χ4n) is 2.72. The molecule has 6 heteroatoms. The summed E-state index contributed by atoms with van der Waals surface area (Å²) in [6.07, 6.45) is 1.50. The van der Waals surface area contributed by atoms with E-state index in [4.69, 9.17) is 0 Å². The van der Waals surface area contributed by atoms with E-state index in [9.17, 15) is 9.90 Å². The number of hydrogen-bond acceptors (Lipinski definition) is 4. The molecule has 0 aliphatic carbocycles. The number of phenols is 1. The first-order valence-corrected chi connectivity index (χ1v) is 8.36. The highest BCUT2D eigenvalue weighted by molar-refractivity contribution is 5.94. The lowest BCUT2D eigenvalue weighted by molar-refractivity contribution is 0.0950. The van der Waals surface area contributed by atoms with Crippen molar-refractivity contribution in [3.63, 3.8) is 0 Å². The molecule has 0 saturated heterocycles. The van der Waals surface area contributed by atoms with E-state index in [0.29, 0.717) is 11.4 Å². The van der Waals surface area contributed by atoms with E-state index in [-0.39, 0.29) is 11.7 Å². The normalized spacial score (nSPS) is 11.1. The lowest BCUT2D eigenvalue weighted by Crippen LogP contribution is -2.17. The maximum atomic E-state index is 12.2. The van der Waals surface area contributed by atoms with Gasteiger partial charge in [0.05, 0.1) is 11.9 Å².